The Bertz CT molecular complexity index is 592. The van der Waals surface area contributed by atoms with Crippen molar-refractivity contribution in [3.63, 3.8) is 0 Å². The Kier molecular flexibility index (Phi) is 6.02. The van der Waals surface area contributed by atoms with E-state index in [-0.39, 0.29) is 5.82 Å². The molecule has 0 unspecified atom stereocenters. The summed E-state index contributed by atoms with van der Waals surface area (Å²) < 4.78 is 25.4. The zero-order valence-corrected chi connectivity index (χ0v) is 13.1. The fourth-order valence-corrected chi connectivity index (χ4v) is 2.29. The number of halogens is 2. The summed E-state index contributed by atoms with van der Waals surface area (Å²) in [5.74, 6) is 1.14. The Hall–Kier alpha value is -1.59. The molecule has 0 fully saturated rings. The molecule has 5 heteroatoms. The van der Waals surface area contributed by atoms with Crippen LogP contribution in [-0.2, 0) is 6.42 Å². The minimum atomic E-state index is -0.281. The molecule has 0 saturated heterocycles. The van der Waals surface area contributed by atoms with Crippen molar-refractivity contribution >= 4 is 15.9 Å². The first kappa shape index (κ1) is 15.8. The van der Waals surface area contributed by atoms with Crippen molar-refractivity contribution in [2.75, 3.05) is 19.8 Å². The van der Waals surface area contributed by atoms with E-state index in [9.17, 15) is 4.39 Å². The van der Waals surface area contributed by atoms with Gasteiger partial charge in [0.2, 0.25) is 0 Å². The van der Waals surface area contributed by atoms with Crippen LogP contribution < -0.4 is 15.2 Å². The first-order valence-electron chi connectivity index (χ1n) is 6.68. The van der Waals surface area contributed by atoms with E-state index in [1.165, 1.54) is 12.1 Å². The molecule has 0 heterocycles. The third-order valence-corrected chi connectivity index (χ3v) is 3.34. The molecule has 2 aromatic rings. The highest BCUT2D eigenvalue weighted by atomic mass is 79.9. The van der Waals surface area contributed by atoms with Crippen molar-refractivity contribution in [3.8, 4) is 11.5 Å². The highest BCUT2D eigenvalue weighted by Gasteiger charge is 2.05. The molecule has 112 valence electrons. The summed E-state index contributed by atoms with van der Waals surface area (Å²) in [5, 5.41) is 0. The summed E-state index contributed by atoms with van der Waals surface area (Å²) in [6, 6.07) is 12.1. The molecule has 0 aliphatic rings. The lowest BCUT2D eigenvalue weighted by Crippen LogP contribution is -2.11. The summed E-state index contributed by atoms with van der Waals surface area (Å²) >= 11 is 3.38. The van der Waals surface area contributed by atoms with E-state index in [1.807, 2.05) is 24.3 Å². The van der Waals surface area contributed by atoms with Crippen LogP contribution in [0.3, 0.4) is 0 Å². The van der Waals surface area contributed by atoms with Gasteiger partial charge >= 0.3 is 0 Å². The Morgan fingerprint density at radius 2 is 1.86 bits per heavy atom. The number of hydrogen-bond acceptors (Lipinski definition) is 3. The Labute approximate surface area is 132 Å². The molecule has 0 amide bonds. The summed E-state index contributed by atoms with van der Waals surface area (Å²) in [6.45, 7) is 1.25. The first-order valence-corrected chi connectivity index (χ1v) is 7.48. The Morgan fingerprint density at radius 1 is 1.05 bits per heavy atom. The maximum absolute atomic E-state index is 13.2. The van der Waals surface area contributed by atoms with E-state index >= 15 is 0 Å². The monoisotopic (exact) mass is 353 g/mol. The van der Waals surface area contributed by atoms with Gasteiger partial charge in [-0.2, -0.15) is 0 Å². The van der Waals surface area contributed by atoms with Crippen molar-refractivity contribution in [2.45, 2.75) is 6.42 Å². The van der Waals surface area contributed by atoms with Gasteiger partial charge < -0.3 is 15.2 Å². The van der Waals surface area contributed by atoms with Gasteiger partial charge in [0, 0.05) is 4.47 Å². The maximum Gasteiger partial charge on any atom is 0.123 e. The summed E-state index contributed by atoms with van der Waals surface area (Å²) in [4.78, 5) is 0. The van der Waals surface area contributed by atoms with Gasteiger partial charge in [-0.05, 0) is 54.9 Å². The molecule has 2 rings (SSSR count). The van der Waals surface area contributed by atoms with Gasteiger partial charge in [-0.25, -0.2) is 4.39 Å². The third-order valence-electron chi connectivity index (χ3n) is 2.84. The topological polar surface area (TPSA) is 44.5 Å². The number of ether oxygens (including phenoxy) is 2. The second kappa shape index (κ2) is 8.00. The van der Waals surface area contributed by atoms with E-state index in [0.717, 1.165) is 15.8 Å². The van der Waals surface area contributed by atoms with Crippen LogP contribution in [0.2, 0.25) is 0 Å². The van der Waals surface area contributed by atoms with Crippen molar-refractivity contribution in [1.29, 1.82) is 0 Å². The van der Waals surface area contributed by atoms with E-state index in [4.69, 9.17) is 15.2 Å². The van der Waals surface area contributed by atoms with Crippen LogP contribution in [0, 0.1) is 5.82 Å². The van der Waals surface area contributed by atoms with Gasteiger partial charge in [0.15, 0.2) is 0 Å². The van der Waals surface area contributed by atoms with E-state index < -0.39 is 0 Å². The second-order valence-electron chi connectivity index (χ2n) is 4.45. The van der Waals surface area contributed by atoms with Crippen LogP contribution >= 0.6 is 15.9 Å². The number of nitrogens with two attached hydrogens (primary N) is 1. The van der Waals surface area contributed by atoms with Crippen molar-refractivity contribution in [1.82, 2.24) is 0 Å². The van der Waals surface area contributed by atoms with Crippen LogP contribution in [0.15, 0.2) is 46.9 Å². The largest absolute Gasteiger partial charge is 0.490 e. The molecule has 0 aliphatic heterocycles. The van der Waals surface area contributed by atoms with Gasteiger partial charge in [-0.1, -0.05) is 22.0 Å². The molecule has 0 aromatic heterocycles. The van der Waals surface area contributed by atoms with Crippen molar-refractivity contribution in [3.05, 3.63) is 58.3 Å². The molecule has 0 bridgehead atoms. The third kappa shape index (κ3) is 5.02. The molecular weight excluding hydrogens is 337 g/mol. The summed E-state index contributed by atoms with van der Waals surface area (Å²) in [6.07, 6.45) is 0.583. The number of benzene rings is 2. The highest BCUT2D eigenvalue weighted by Crippen LogP contribution is 2.21. The molecule has 0 spiro atoms. The lowest BCUT2D eigenvalue weighted by Gasteiger charge is -2.12. The molecule has 21 heavy (non-hydrogen) atoms. The average molecular weight is 354 g/mol. The van der Waals surface area contributed by atoms with E-state index in [2.05, 4.69) is 15.9 Å². The van der Waals surface area contributed by atoms with Gasteiger partial charge in [0.1, 0.15) is 30.5 Å². The summed E-state index contributed by atoms with van der Waals surface area (Å²) in [7, 11) is 0. The molecular formula is C16H17BrFNO2. The zero-order valence-electron chi connectivity index (χ0n) is 11.5. The fraction of sp³-hybridized carbons (Fsp3) is 0.250. The van der Waals surface area contributed by atoms with Gasteiger partial charge in [-0.15, -0.1) is 0 Å². The maximum atomic E-state index is 13.2. The standard InChI is InChI=1S/C16H17BrFNO2/c17-13-2-1-3-15(11-13)20-8-9-21-16-5-4-14(18)10-12(16)6-7-19/h1-5,10-11H,6-9,19H2. The smallest absolute Gasteiger partial charge is 0.123 e. The lowest BCUT2D eigenvalue weighted by atomic mass is 10.1. The normalized spacial score (nSPS) is 10.4. The Balaban J connectivity index is 1.86. The van der Waals surface area contributed by atoms with Crippen LogP contribution in [0.1, 0.15) is 5.56 Å². The number of rotatable bonds is 7. The molecule has 2 N–H and O–H groups in total. The highest BCUT2D eigenvalue weighted by molar-refractivity contribution is 9.10. The van der Waals surface area contributed by atoms with Crippen LogP contribution in [0.5, 0.6) is 11.5 Å². The predicted octanol–water partition coefficient (Wildman–Crippen LogP) is 3.55. The van der Waals surface area contributed by atoms with Crippen molar-refractivity contribution < 1.29 is 13.9 Å². The van der Waals surface area contributed by atoms with E-state index in [1.54, 1.807) is 6.07 Å². The van der Waals surface area contributed by atoms with Gasteiger partial charge in [0.25, 0.3) is 0 Å². The van der Waals surface area contributed by atoms with Crippen LogP contribution in [0.25, 0.3) is 0 Å². The van der Waals surface area contributed by atoms with Crippen LogP contribution in [-0.4, -0.2) is 19.8 Å². The SMILES string of the molecule is NCCc1cc(F)ccc1OCCOc1cccc(Br)c1. The zero-order chi connectivity index (χ0) is 15.1. The number of hydrogen-bond donors (Lipinski definition) is 1. The molecule has 3 nitrogen and oxygen atoms in total. The van der Waals surface area contributed by atoms with E-state index in [0.29, 0.717) is 31.9 Å². The minimum Gasteiger partial charge on any atom is -0.490 e. The molecule has 0 atom stereocenters. The minimum absolute atomic E-state index is 0.281. The Morgan fingerprint density at radius 3 is 2.62 bits per heavy atom. The fourth-order valence-electron chi connectivity index (χ4n) is 1.91. The van der Waals surface area contributed by atoms with Crippen LogP contribution in [0.4, 0.5) is 4.39 Å². The molecule has 2 aromatic carbocycles. The summed E-state index contributed by atoms with van der Waals surface area (Å²) in [5.41, 5.74) is 6.30. The molecule has 0 saturated carbocycles. The van der Waals surface area contributed by atoms with Gasteiger partial charge in [-0.3, -0.25) is 0 Å². The predicted molar refractivity (Wildman–Crippen MR) is 84.3 cm³/mol. The van der Waals surface area contributed by atoms with Gasteiger partial charge in [0.05, 0.1) is 0 Å². The van der Waals surface area contributed by atoms with Crippen molar-refractivity contribution in [2.24, 2.45) is 5.73 Å². The lowest BCUT2D eigenvalue weighted by molar-refractivity contribution is 0.215. The molecule has 0 radical (unpaired) electrons. The molecule has 0 aliphatic carbocycles. The average Bonchev–Trinajstić information content (AvgIpc) is 2.46. The quantitative estimate of drug-likeness (QED) is 0.774. The second-order valence-corrected chi connectivity index (χ2v) is 5.36. The first-order chi connectivity index (χ1) is 10.2.